The molecule has 3 aromatic rings. The van der Waals surface area contributed by atoms with Crippen molar-refractivity contribution in [3.05, 3.63) is 48.3 Å². The predicted octanol–water partition coefficient (Wildman–Crippen LogP) is 4.53. The van der Waals surface area contributed by atoms with Gasteiger partial charge in [0, 0.05) is 31.0 Å². The average Bonchev–Trinajstić information content (AvgIpc) is 3.15. The molecule has 0 atom stereocenters. The van der Waals surface area contributed by atoms with Gasteiger partial charge >= 0.3 is 0 Å². The highest BCUT2D eigenvalue weighted by Gasteiger charge is 2.24. The number of amides is 1. The van der Waals surface area contributed by atoms with Crippen LogP contribution in [0.3, 0.4) is 0 Å². The molecule has 0 aliphatic rings. The van der Waals surface area contributed by atoms with E-state index in [4.69, 9.17) is 0 Å². The van der Waals surface area contributed by atoms with E-state index in [9.17, 15) is 13.2 Å². The Kier molecular flexibility index (Phi) is 7.52. The number of nitrogens with one attached hydrogen (secondary N) is 1. The Labute approximate surface area is 181 Å². The average molecular weight is 447 g/mol. The molecular formula is C21H26N4O3S2. The largest absolute Gasteiger partial charge is 0.298 e. The van der Waals surface area contributed by atoms with Crippen molar-refractivity contribution in [2.24, 2.45) is 0 Å². The van der Waals surface area contributed by atoms with Gasteiger partial charge in [-0.25, -0.2) is 13.4 Å². The van der Waals surface area contributed by atoms with Crippen molar-refractivity contribution in [2.75, 3.05) is 18.4 Å². The summed E-state index contributed by atoms with van der Waals surface area (Å²) in [6.45, 7) is 5.14. The number of thiazole rings is 1. The van der Waals surface area contributed by atoms with Gasteiger partial charge in [0.2, 0.25) is 10.0 Å². The van der Waals surface area contributed by atoms with E-state index in [0.717, 1.165) is 25.7 Å². The number of sulfonamides is 1. The van der Waals surface area contributed by atoms with E-state index in [0.29, 0.717) is 34.0 Å². The second-order valence-electron chi connectivity index (χ2n) is 6.95. The molecule has 3 rings (SSSR count). The van der Waals surface area contributed by atoms with E-state index in [1.165, 1.54) is 11.3 Å². The number of fused-ring (bicyclic) bond motifs is 1. The monoisotopic (exact) mass is 446 g/mol. The molecule has 0 spiro atoms. The summed E-state index contributed by atoms with van der Waals surface area (Å²) in [6, 6.07) is 8.17. The van der Waals surface area contributed by atoms with E-state index < -0.39 is 10.0 Å². The molecule has 9 heteroatoms. The molecule has 0 saturated heterocycles. The molecule has 160 valence electrons. The van der Waals surface area contributed by atoms with Crippen molar-refractivity contribution in [2.45, 2.75) is 44.4 Å². The van der Waals surface area contributed by atoms with Gasteiger partial charge in [-0.2, -0.15) is 4.31 Å². The number of carbonyl (C=O) groups excluding carboxylic acids is 1. The molecule has 0 aliphatic carbocycles. The Morgan fingerprint density at radius 3 is 2.37 bits per heavy atom. The zero-order valence-electron chi connectivity index (χ0n) is 17.2. The number of unbranched alkanes of at least 4 members (excludes halogenated alkanes) is 2. The van der Waals surface area contributed by atoms with Crippen molar-refractivity contribution in [3.8, 4) is 0 Å². The number of aromatic nitrogens is 2. The molecule has 1 N–H and O–H groups in total. The SMILES string of the molecule is CCCCN(CCCC)S(=O)(=O)c1ccc2nc(NC(=O)c3ccncc3)sc2c1. The lowest BCUT2D eigenvalue weighted by Crippen LogP contribution is -2.33. The van der Waals surface area contributed by atoms with Gasteiger partial charge in [0.05, 0.1) is 15.1 Å². The van der Waals surface area contributed by atoms with Crippen LogP contribution in [-0.4, -0.2) is 41.7 Å². The van der Waals surface area contributed by atoms with Gasteiger partial charge in [-0.15, -0.1) is 0 Å². The molecule has 30 heavy (non-hydrogen) atoms. The maximum absolute atomic E-state index is 13.2. The molecule has 2 heterocycles. The molecule has 0 aliphatic heterocycles. The number of nitrogens with zero attached hydrogens (tertiary/aromatic N) is 3. The Bertz CT molecular complexity index is 1090. The first-order chi connectivity index (χ1) is 14.5. The van der Waals surface area contributed by atoms with Crippen molar-refractivity contribution in [3.63, 3.8) is 0 Å². The lowest BCUT2D eigenvalue weighted by molar-refractivity contribution is 0.102. The van der Waals surface area contributed by atoms with E-state index in [1.807, 2.05) is 0 Å². The Morgan fingerprint density at radius 2 is 1.73 bits per heavy atom. The van der Waals surface area contributed by atoms with Crippen molar-refractivity contribution >= 4 is 42.6 Å². The maximum atomic E-state index is 13.2. The fourth-order valence-electron chi connectivity index (χ4n) is 2.96. The third-order valence-electron chi connectivity index (χ3n) is 4.68. The van der Waals surface area contributed by atoms with Crippen LogP contribution in [0.15, 0.2) is 47.6 Å². The fraction of sp³-hybridized carbons (Fsp3) is 0.381. The molecule has 0 radical (unpaired) electrons. The van der Waals surface area contributed by atoms with Gasteiger partial charge in [0.25, 0.3) is 5.91 Å². The topological polar surface area (TPSA) is 92.3 Å². The van der Waals surface area contributed by atoms with E-state index >= 15 is 0 Å². The molecule has 0 unspecified atom stereocenters. The number of hydrogen-bond donors (Lipinski definition) is 1. The summed E-state index contributed by atoms with van der Waals surface area (Å²) in [5.74, 6) is -0.283. The standard InChI is InChI=1S/C21H26N4O3S2/c1-3-5-13-25(14-6-4-2)30(27,28)17-7-8-18-19(15-17)29-21(23-18)24-20(26)16-9-11-22-12-10-16/h7-12,15H,3-6,13-14H2,1-2H3,(H,23,24,26). The van der Waals surface area contributed by atoms with Crippen LogP contribution in [0, 0.1) is 0 Å². The Hall–Kier alpha value is -2.36. The van der Waals surface area contributed by atoms with Crippen LogP contribution in [0.1, 0.15) is 49.9 Å². The summed E-state index contributed by atoms with van der Waals surface area (Å²) in [5, 5.41) is 3.19. The Balaban J connectivity index is 1.84. The first-order valence-electron chi connectivity index (χ1n) is 10.1. The zero-order valence-corrected chi connectivity index (χ0v) is 18.8. The molecule has 1 aromatic carbocycles. The molecule has 0 fully saturated rings. The first-order valence-corrected chi connectivity index (χ1v) is 12.3. The summed E-state index contributed by atoms with van der Waals surface area (Å²) in [6.07, 6.45) is 6.63. The summed E-state index contributed by atoms with van der Waals surface area (Å²) in [4.78, 5) is 20.9. The van der Waals surface area contributed by atoms with Crippen LogP contribution in [0.4, 0.5) is 5.13 Å². The smallest absolute Gasteiger partial charge is 0.257 e. The highest BCUT2D eigenvalue weighted by Crippen LogP contribution is 2.29. The maximum Gasteiger partial charge on any atom is 0.257 e. The minimum atomic E-state index is -3.58. The van der Waals surface area contributed by atoms with E-state index in [2.05, 4.69) is 29.1 Å². The molecule has 0 bridgehead atoms. The van der Waals surface area contributed by atoms with Crippen LogP contribution in [0.25, 0.3) is 10.2 Å². The lowest BCUT2D eigenvalue weighted by atomic mass is 10.2. The minimum absolute atomic E-state index is 0.262. The second-order valence-corrected chi connectivity index (χ2v) is 9.92. The first kappa shape index (κ1) is 22.3. The van der Waals surface area contributed by atoms with Crippen LogP contribution < -0.4 is 5.32 Å². The second kappa shape index (κ2) is 10.1. The summed E-state index contributed by atoms with van der Waals surface area (Å²) in [5.41, 5.74) is 1.13. The summed E-state index contributed by atoms with van der Waals surface area (Å²) in [7, 11) is -3.58. The van der Waals surface area contributed by atoms with Crippen LogP contribution in [-0.2, 0) is 10.0 Å². The molecule has 1 amide bonds. The van der Waals surface area contributed by atoms with Crippen molar-refractivity contribution < 1.29 is 13.2 Å². The van der Waals surface area contributed by atoms with Gasteiger partial charge in [0.1, 0.15) is 0 Å². The third kappa shape index (κ3) is 5.21. The number of pyridine rings is 1. The van der Waals surface area contributed by atoms with E-state index in [1.54, 1.807) is 47.0 Å². The van der Waals surface area contributed by atoms with Crippen LogP contribution >= 0.6 is 11.3 Å². The van der Waals surface area contributed by atoms with Crippen LogP contribution in [0.5, 0.6) is 0 Å². The van der Waals surface area contributed by atoms with Gasteiger partial charge < -0.3 is 0 Å². The van der Waals surface area contributed by atoms with Gasteiger partial charge in [-0.1, -0.05) is 38.0 Å². The fourth-order valence-corrected chi connectivity index (χ4v) is 5.48. The van der Waals surface area contributed by atoms with Crippen molar-refractivity contribution in [1.82, 2.24) is 14.3 Å². The number of anilines is 1. The number of carbonyl (C=O) groups is 1. The normalized spacial score (nSPS) is 11.8. The lowest BCUT2D eigenvalue weighted by Gasteiger charge is -2.21. The van der Waals surface area contributed by atoms with Crippen LogP contribution in [0.2, 0.25) is 0 Å². The molecular weight excluding hydrogens is 420 g/mol. The van der Waals surface area contributed by atoms with Gasteiger partial charge in [-0.3, -0.25) is 15.1 Å². The minimum Gasteiger partial charge on any atom is -0.298 e. The van der Waals surface area contributed by atoms with Crippen molar-refractivity contribution in [1.29, 1.82) is 0 Å². The molecule has 7 nitrogen and oxygen atoms in total. The zero-order chi connectivity index (χ0) is 21.6. The van der Waals surface area contributed by atoms with Gasteiger partial charge in [-0.05, 0) is 43.2 Å². The van der Waals surface area contributed by atoms with E-state index in [-0.39, 0.29) is 10.8 Å². The quantitative estimate of drug-likeness (QED) is 0.494. The third-order valence-corrected chi connectivity index (χ3v) is 7.51. The number of benzene rings is 1. The summed E-state index contributed by atoms with van der Waals surface area (Å²) < 4.78 is 28.7. The highest BCUT2D eigenvalue weighted by molar-refractivity contribution is 7.89. The number of hydrogen-bond acceptors (Lipinski definition) is 6. The van der Waals surface area contributed by atoms with Gasteiger partial charge in [0.15, 0.2) is 5.13 Å². The Morgan fingerprint density at radius 1 is 1.07 bits per heavy atom. The highest BCUT2D eigenvalue weighted by atomic mass is 32.2. The summed E-state index contributed by atoms with van der Waals surface area (Å²) >= 11 is 1.26. The molecule has 0 saturated carbocycles. The predicted molar refractivity (Wildman–Crippen MR) is 120 cm³/mol. The molecule has 2 aromatic heterocycles. The number of rotatable bonds is 10.